The second-order valence-corrected chi connectivity index (χ2v) is 8.30. The molecule has 6 nitrogen and oxygen atoms in total. The van der Waals surface area contributed by atoms with E-state index in [9.17, 15) is 18.8 Å². The van der Waals surface area contributed by atoms with E-state index in [1.807, 2.05) is 6.26 Å². The molecule has 0 saturated carbocycles. The van der Waals surface area contributed by atoms with E-state index in [4.69, 9.17) is 4.42 Å². The predicted octanol–water partition coefficient (Wildman–Crippen LogP) is 4.12. The van der Waals surface area contributed by atoms with Crippen LogP contribution in [-0.4, -0.2) is 40.7 Å². The fraction of sp³-hybridized carbons (Fsp3) is 0.208. The first kappa shape index (κ1) is 21.8. The highest BCUT2D eigenvalue weighted by molar-refractivity contribution is 7.98. The normalized spacial score (nSPS) is 13.9. The van der Waals surface area contributed by atoms with Gasteiger partial charge >= 0.3 is 0 Å². The summed E-state index contributed by atoms with van der Waals surface area (Å²) in [6, 6.07) is 15.0. The van der Waals surface area contributed by atoms with Gasteiger partial charge in [-0.3, -0.25) is 19.3 Å². The van der Waals surface area contributed by atoms with Crippen LogP contribution in [0.25, 0.3) is 11.3 Å². The zero-order valence-corrected chi connectivity index (χ0v) is 18.2. The van der Waals surface area contributed by atoms with Gasteiger partial charge in [0.2, 0.25) is 5.91 Å². The molecule has 0 spiro atoms. The third kappa shape index (κ3) is 4.31. The molecular weight excluding hydrogens is 431 g/mol. The molecule has 2 aromatic carbocycles. The number of furan rings is 1. The number of rotatable bonds is 8. The van der Waals surface area contributed by atoms with Crippen molar-refractivity contribution in [3.8, 4) is 11.3 Å². The van der Waals surface area contributed by atoms with Gasteiger partial charge in [0.05, 0.1) is 17.7 Å². The maximum Gasteiger partial charge on any atom is 0.262 e. The molecule has 2 heterocycles. The van der Waals surface area contributed by atoms with E-state index in [0.717, 1.165) is 4.90 Å². The lowest BCUT2D eigenvalue weighted by Crippen LogP contribution is -2.49. The van der Waals surface area contributed by atoms with Crippen LogP contribution in [0.15, 0.2) is 65.1 Å². The molecule has 1 aromatic heterocycles. The number of carbonyl (C=O) groups excluding carboxylic acids is 3. The largest absolute Gasteiger partial charge is 0.459 e. The predicted molar refractivity (Wildman–Crippen MR) is 120 cm³/mol. The average molecular weight is 453 g/mol. The summed E-state index contributed by atoms with van der Waals surface area (Å²) in [6.07, 6.45) is 2.24. The molecule has 0 bridgehead atoms. The smallest absolute Gasteiger partial charge is 0.262 e. The van der Waals surface area contributed by atoms with E-state index in [0.29, 0.717) is 40.4 Å². The molecule has 4 rings (SSSR count). The summed E-state index contributed by atoms with van der Waals surface area (Å²) < 4.78 is 18.9. The number of nitrogens with zero attached hydrogens (tertiary/aromatic N) is 1. The van der Waals surface area contributed by atoms with Crippen LogP contribution in [0, 0.1) is 5.82 Å². The third-order valence-corrected chi connectivity index (χ3v) is 5.91. The van der Waals surface area contributed by atoms with Gasteiger partial charge < -0.3 is 9.73 Å². The van der Waals surface area contributed by atoms with Gasteiger partial charge in [-0.25, -0.2) is 4.39 Å². The van der Waals surface area contributed by atoms with Crippen molar-refractivity contribution in [2.24, 2.45) is 0 Å². The second-order valence-electron chi connectivity index (χ2n) is 7.31. The molecule has 32 heavy (non-hydrogen) atoms. The number of nitrogens with one attached hydrogen (secondary N) is 1. The molecule has 0 fully saturated rings. The van der Waals surface area contributed by atoms with Crippen LogP contribution in [0.3, 0.4) is 0 Å². The summed E-state index contributed by atoms with van der Waals surface area (Å²) >= 11 is 1.53. The maximum absolute atomic E-state index is 13.1. The number of halogens is 1. The summed E-state index contributed by atoms with van der Waals surface area (Å²) in [7, 11) is 0. The molecule has 1 aliphatic heterocycles. The van der Waals surface area contributed by atoms with E-state index >= 15 is 0 Å². The number of amides is 3. The molecule has 3 aromatic rings. The summed E-state index contributed by atoms with van der Waals surface area (Å²) in [5.41, 5.74) is 1.34. The lowest BCUT2D eigenvalue weighted by Gasteiger charge is -2.25. The van der Waals surface area contributed by atoms with Gasteiger partial charge in [-0.2, -0.15) is 11.8 Å². The Hall–Kier alpha value is -3.39. The molecule has 0 aliphatic carbocycles. The molecule has 3 amide bonds. The van der Waals surface area contributed by atoms with E-state index < -0.39 is 23.8 Å². The Morgan fingerprint density at radius 3 is 2.31 bits per heavy atom. The molecule has 1 atom stereocenters. The van der Waals surface area contributed by atoms with E-state index in [1.54, 1.807) is 48.5 Å². The highest BCUT2D eigenvalue weighted by atomic mass is 32.2. The van der Waals surface area contributed by atoms with Crippen molar-refractivity contribution in [2.45, 2.75) is 19.0 Å². The van der Waals surface area contributed by atoms with Crippen molar-refractivity contribution in [3.63, 3.8) is 0 Å². The second kappa shape index (κ2) is 9.40. The van der Waals surface area contributed by atoms with Gasteiger partial charge in [0, 0.05) is 5.56 Å². The molecule has 8 heteroatoms. The minimum absolute atomic E-state index is 0.0962. The summed E-state index contributed by atoms with van der Waals surface area (Å²) in [5, 5.41) is 2.78. The van der Waals surface area contributed by atoms with Crippen LogP contribution in [0.4, 0.5) is 4.39 Å². The number of fused-ring (bicyclic) bond motifs is 1. The van der Waals surface area contributed by atoms with E-state index in [-0.39, 0.29) is 12.4 Å². The Balaban J connectivity index is 1.47. The quantitative estimate of drug-likeness (QED) is 0.520. The average Bonchev–Trinajstić information content (AvgIpc) is 3.37. The minimum Gasteiger partial charge on any atom is -0.459 e. The highest BCUT2D eigenvalue weighted by Crippen LogP contribution is 2.27. The molecule has 164 valence electrons. The number of benzene rings is 2. The number of imide groups is 1. The lowest BCUT2D eigenvalue weighted by atomic mass is 10.1. The van der Waals surface area contributed by atoms with Crippen LogP contribution >= 0.6 is 11.8 Å². The number of hydrogen-bond acceptors (Lipinski definition) is 5. The molecule has 1 N–H and O–H groups in total. The van der Waals surface area contributed by atoms with Crippen molar-refractivity contribution < 1.29 is 23.2 Å². The van der Waals surface area contributed by atoms with Crippen LogP contribution in [-0.2, 0) is 11.3 Å². The van der Waals surface area contributed by atoms with Crippen molar-refractivity contribution >= 4 is 29.5 Å². The van der Waals surface area contributed by atoms with Crippen LogP contribution in [0.2, 0.25) is 0 Å². The summed E-state index contributed by atoms with van der Waals surface area (Å²) in [4.78, 5) is 39.8. The zero-order valence-electron chi connectivity index (χ0n) is 17.3. The first-order valence-corrected chi connectivity index (χ1v) is 11.5. The first-order chi connectivity index (χ1) is 15.5. The summed E-state index contributed by atoms with van der Waals surface area (Å²) in [5.74, 6) is -0.00405. The minimum atomic E-state index is -0.915. The number of carbonyl (C=O) groups is 3. The van der Waals surface area contributed by atoms with Gasteiger partial charge in [-0.1, -0.05) is 12.1 Å². The van der Waals surface area contributed by atoms with Crippen LogP contribution in [0.1, 0.15) is 32.9 Å². The van der Waals surface area contributed by atoms with Gasteiger partial charge in [-0.05, 0) is 67.0 Å². The van der Waals surface area contributed by atoms with Crippen molar-refractivity contribution in [3.05, 3.63) is 83.4 Å². The van der Waals surface area contributed by atoms with Crippen LogP contribution in [0.5, 0.6) is 0 Å². The zero-order chi connectivity index (χ0) is 22.7. The summed E-state index contributed by atoms with van der Waals surface area (Å²) in [6.45, 7) is 0.0962. The van der Waals surface area contributed by atoms with E-state index in [1.165, 1.54) is 23.9 Å². The van der Waals surface area contributed by atoms with Gasteiger partial charge in [0.1, 0.15) is 23.4 Å². The third-order valence-electron chi connectivity index (χ3n) is 5.26. The Bertz CT molecular complexity index is 1120. The van der Waals surface area contributed by atoms with Gasteiger partial charge in [0.25, 0.3) is 11.8 Å². The standard InChI is InChI=1S/C24H21FN2O4S/c1-32-13-12-20(27-23(29)18-4-2-3-5-19(18)24(27)30)22(28)26-14-17-10-11-21(31-17)15-6-8-16(25)9-7-15/h2-11,20H,12-14H2,1H3,(H,26,28). The Morgan fingerprint density at radius 2 is 1.69 bits per heavy atom. The van der Waals surface area contributed by atoms with Gasteiger partial charge in [0.15, 0.2) is 0 Å². The molecule has 0 radical (unpaired) electrons. The topological polar surface area (TPSA) is 79.6 Å². The molecule has 1 aliphatic rings. The monoisotopic (exact) mass is 452 g/mol. The van der Waals surface area contributed by atoms with Crippen molar-refractivity contribution in [1.29, 1.82) is 0 Å². The Kier molecular flexibility index (Phi) is 6.41. The van der Waals surface area contributed by atoms with E-state index in [2.05, 4.69) is 5.32 Å². The first-order valence-electron chi connectivity index (χ1n) is 10.1. The molecule has 1 unspecified atom stereocenters. The fourth-order valence-electron chi connectivity index (χ4n) is 3.63. The van der Waals surface area contributed by atoms with Crippen LogP contribution < -0.4 is 5.32 Å². The van der Waals surface area contributed by atoms with Gasteiger partial charge in [-0.15, -0.1) is 0 Å². The Labute approximate surface area is 188 Å². The SMILES string of the molecule is CSCCC(C(=O)NCc1ccc(-c2ccc(F)cc2)o1)N1C(=O)c2ccccc2C1=O. The number of thioether (sulfide) groups is 1. The Morgan fingerprint density at radius 1 is 1.03 bits per heavy atom. The van der Waals surface area contributed by atoms with Crippen molar-refractivity contribution in [2.75, 3.05) is 12.0 Å². The molecule has 0 saturated heterocycles. The highest BCUT2D eigenvalue weighted by Gasteiger charge is 2.42. The number of hydrogen-bond donors (Lipinski definition) is 1. The lowest BCUT2D eigenvalue weighted by molar-refractivity contribution is -0.125. The fourth-order valence-corrected chi connectivity index (χ4v) is 4.09. The molecular formula is C24H21FN2O4S. The van der Waals surface area contributed by atoms with Crippen molar-refractivity contribution in [1.82, 2.24) is 10.2 Å². The maximum atomic E-state index is 13.1.